The quantitative estimate of drug-likeness (QED) is 0.872. The lowest BCUT2D eigenvalue weighted by molar-refractivity contribution is 0.592. The summed E-state index contributed by atoms with van der Waals surface area (Å²) in [5, 5.41) is 10.6. The summed E-state index contributed by atoms with van der Waals surface area (Å²) in [5.74, 6) is 0. The number of nitrogens with zero attached hydrogens (tertiary/aromatic N) is 2. The molecule has 1 aromatic heterocycles. The molecule has 0 amide bonds. The zero-order valence-electron chi connectivity index (χ0n) is 10.5. The van der Waals surface area contributed by atoms with Gasteiger partial charge in [0, 0.05) is 17.2 Å². The molecule has 0 spiro atoms. The van der Waals surface area contributed by atoms with Gasteiger partial charge in [-0.1, -0.05) is 12.1 Å². The van der Waals surface area contributed by atoms with Crippen LogP contribution < -0.4 is 0 Å². The Kier molecular flexibility index (Phi) is 3.69. The maximum atomic E-state index is 11.5. The molecule has 0 bridgehead atoms. The van der Waals surface area contributed by atoms with Crippen molar-refractivity contribution in [1.82, 2.24) is 4.98 Å². The van der Waals surface area contributed by atoms with Gasteiger partial charge in [0.1, 0.15) is 10.3 Å². The minimum Gasteiger partial charge on any atom is -0.240 e. The Bertz CT molecular complexity index is 742. The predicted molar refractivity (Wildman–Crippen MR) is 75.5 cm³/mol. The maximum absolute atomic E-state index is 11.5. The number of rotatable bonds is 3. The summed E-state index contributed by atoms with van der Waals surface area (Å²) in [5.41, 5.74) is 2.08. The first-order valence-corrected chi connectivity index (χ1v) is 8.40. The second-order valence-corrected chi connectivity index (χ2v) is 7.49. The third-order valence-electron chi connectivity index (χ3n) is 2.80. The highest BCUT2D eigenvalue weighted by Gasteiger charge is 2.20. The van der Waals surface area contributed by atoms with Crippen LogP contribution in [0.3, 0.4) is 0 Å². The molecule has 4 nitrogen and oxygen atoms in total. The smallest absolute Gasteiger partial charge is 0.156 e. The molecule has 0 aliphatic rings. The molecule has 0 aliphatic heterocycles. The minimum atomic E-state index is -3.14. The van der Waals surface area contributed by atoms with Crippen LogP contribution in [0.25, 0.3) is 11.3 Å². The first kappa shape index (κ1) is 13.7. The first-order valence-electron chi connectivity index (χ1n) is 5.56. The molecule has 1 unspecified atom stereocenters. The number of thiazole rings is 1. The number of sulfone groups is 1. The Hall–Kier alpha value is -1.71. The fourth-order valence-corrected chi connectivity index (χ4v) is 3.41. The molecule has 0 N–H and O–H groups in total. The van der Waals surface area contributed by atoms with Gasteiger partial charge in [0.2, 0.25) is 0 Å². The summed E-state index contributed by atoms with van der Waals surface area (Å²) in [6.45, 7) is 1.63. The van der Waals surface area contributed by atoms with E-state index in [1.54, 1.807) is 25.1 Å². The average Bonchev–Trinajstić information content (AvgIpc) is 2.86. The van der Waals surface area contributed by atoms with Crippen LogP contribution >= 0.6 is 11.3 Å². The van der Waals surface area contributed by atoms with Crippen molar-refractivity contribution in [2.45, 2.75) is 12.2 Å². The fraction of sp³-hybridized carbons (Fsp3) is 0.231. The zero-order chi connectivity index (χ0) is 14.0. The van der Waals surface area contributed by atoms with E-state index in [4.69, 9.17) is 5.26 Å². The maximum Gasteiger partial charge on any atom is 0.156 e. The Balaban J connectivity index is 2.39. The van der Waals surface area contributed by atoms with E-state index in [1.165, 1.54) is 17.6 Å². The van der Waals surface area contributed by atoms with Gasteiger partial charge in [0.25, 0.3) is 0 Å². The van der Waals surface area contributed by atoms with E-state index in [9.17, 15) is 8.42 Å². The van der Waals surface area contributed by atoms with Crippen molar-refractivity contribution in [1.29, 1.82) is 5.26 Å². The van der Waals surface area contributed by atoms with Gasteiger partial charge in [0.05, 0.1) is 17.3 Å². The summed E-state index contributed by atoms with van der Waals surface area (Å²) in [6.07, 6.45) is 1.20. The van der Waals surface area contributed by atoms with Gasteiger partial charge in [-0.25, -0.2) is 13.4 Å². The molecule has 19 heavy (non-hydrogen) atoms. The molecule has 2 aromatic rings. The van der Waals surface area contributed by atoms with Crippen molar-refractivity contribution in [3.05, 3.63) is 40.2 Å². The van der Waals surface area contributed by atoms with Crippen LogP contribution in [0, 0.1) is 11.3 Å². The van der Waals surface area contributed by atoms with E-state index < -0.39 is 15.1 Å². The standard InChI is InChI=1S/C13H12N2O2S2/c1-9(19(2,16)17)13-15-12(8-18-13)11-5-3-4-10(6-11)7-14/h3-6,8-9H,1-2H3. The van der Waals surface area contributed by atoms with Crippen LogP contribution in [0.4, 0.5) is 0 Å². The van der Waals surface area contributed by atoms with Gasteiger partial charge in [-0.15, -0.1) is 11.3 Å². The number of nitriles is 1. The number of hydrogen-bond donors (Lipinski definition) is 0. The number of hydrogen-bond acceptors (Lipinski definition) is 5. The molecule has 0 fully saturated rings. The molecule has 0 saturated heterocycles. The van der Waals surface area contributed by atoms with Gasteiger partial charge < -0.3 is 0 Å². The Morgan fingerprint density at radius 1 is 1.42 bits per heavy atom. The second kappa shape index (κ2) is 5.11. The highest BCUT2D eigenvalue weighted by molar-refractivity contribution is 7.91. The van der Waals surface area contributed by atoms with Crippen molar-refractivity contribution < 1.29 is 8.42 Å². The first-order chi connectivity index (χ1) is 8.91. The molecule has 1 heterocycles. The van der Waals surface area contributed by atoms with Gasteiger partial charge in [-0.2, -0.15) is 5.26 Å². The average molecular weight is 292 g/mol. The van der Waals surface area contributed by atoms with Crippen molar-refractivity contribution >= 4 is 21.2 Å². The molecule has 98 valence electrons. The lowest BCUT2D eigenvalue weighted by Crippen LogP contribution is -2.07. The van der Waals surface area contributed by atoms with E-state index in [0.717, 1.165) is 5.56 Å². The molecule has 2 rings (SSSR count). The third kappa shape index (κ3) is 3.00. The lowest BCUT2D eigenvalue weighted by atomic mass is 10.1. The van der Waals surface area contributed by atoms with Crippen LogP contribution in [0.1, 0.15) is 22.7 Å². The Labute approximate surface area is 116 Å². The van der Waals surface area contributed by atoms with Gasteiger partial charge in [-0.3, -0.25) is 0 Å². The summed E-state index contributed by atoms with van der Waals surface area (Å²) in [7, 11) is -3.14. The third-order valence-corrected chi connectivity index (χ3v) is 5.48. The largest absolute Gasteiger partial charge is 0.240 e. The predicted octanol–water partition coefficient (Wildman–Crippen LogP) is 2.79. The van der Waals surface area contributed by atoms with Gasteiger partial charge >= 0.3 is 0 Å². The minimum absolute atomic E-state index is 0.559. The van der Waals surface area contributed by atoms with Gasteiger partial charge in [-0.05, 0) is 19.1 Å². The zero-order valence-corrected chi connectivity index (χ0v) is 12.1. The molecule has 0 saturated carbocycles. The fourth-order valence-electron chi connectivity index (χ4n) is 1.54. The number of benzene rings is 1. The van der Waals surface area contributed by atoms with Crippen molar-refractivity contribution in [3.63, 3.8) is 0 Å². The summed E-state index contributed by atoms with van der Waals surface area (Å²) >= 11 is 1.32. The molecular weight excluding hydrogens is 280 g/mol. The Morgan fingerprint density at radius 2 is 2.16 bits per heavy atom. The number of aromatic nitrogens is 1. The summed E-state index contributed by atoms with van der Waals surface area (Å²) in [4.78, 5) is 4.35. The van der Waals surface area contributed by atoms with Crippen LogP contribution in [0.2, 0.25) is 0 Å². The highest BCUT2D eigenvalue weighted by Crippen LogP contribution is 2.29. The second-order valence-electron chi connectivity index (χ2n) is 4.24. The van der Waals surface area contributed by atoms with E-state index in [2.05, 4.69) is 11.1 Å². The molecule has 1 aromatic carbocycles. The summed E-state index contributed by atoms with van der Waals surface area (Å²) < 4.78 is 23.0. The molecule has 0 radical (unpaired) electrons. The van der Waals surface area contributed by atoms with Gasteiger partial charge in [0.15, 0.2) is 9.84 Å². The molecule has 1 atom stereocenters. The van der Waals surface area contributed by atoms with E-state index >= 15 is 0 Å². The molecular formula is C13H12N2O2S2. The normalized spacial score (nSPS) is 12.9. The monoisotopic (exact) mass is 292 g/mol. The van der Waals surface area contributed by atoms with Crippen molar-refractivity contribution in [3.8, 4) is 17.3 Å². The van der Waals surface area contributed by atoms with E-state index in [0.29, 0.717) is 16.3 Å². The lowest BCUT2D eigenvalue weighted by Gasteiger charge is -2.04. The SMILES string of the molecule is CC(c1nc(-c2cccc(C#N)c2)cs1)S(C)(=O)=O. The van der Waals surface area contributed by atoms with Crippen LogP contribution in [-0.4, -0.2) is 19.7 Å². The molecule has 0 aliphatic carbocycles. The summed E-state index contributed by atoms with van der Waals surface area (Å²) in [6, 6.07) is 9.17. The van der Waals surface area contributed by atoms with Crippen LogP contribution in [0.15, 0.2) is 29.6 Å². The molecule has 6 heteroatoms. The van der Waals surface area contributed by atoms with Crippen LogP contribution in [-0.2, 0) is 9.84 Å². The highest BCUT2D eigenvalue weighted by atomic mass is 32.2. The van der Waals surface area contributed by atoms with Crippen LogP contribution in [0.5, 0.6) is 0 Å². The topological polar surface area (TPSA) is 70.8 Å². The van der Waals surface area contributed by atoms with E-state index in [1.807, 2.05) is 11.4 Å². The Morgan fingerprint density at radius 3 is 2.79 bits per heavy atom. The van der Waals surface area contributed by atoms with E-state index in [-0.39, 0.29) is 0 Å². The van der Waals surface area contributed by atoms with Crippen molar-refractivity contribution in [2.24, 2.45) is 0 Å². The van der Waals surface area contributed by atoms with Crippen molar-refractivity contribution in [2.75, 3.05) is 6.26 Å².